The van der Waals surface area contributed by atoms with Crippen molar-refractivity contribution in [3.05, 3.63) is 41.7 Å². The number of hydrogen-bond donors (Lipinski definition) is 1. The zero-order valence-corrected chi connectivity index (χ0v) is 16.0. The average molecular weight is 359 g/mol. The summed E-state index contributed by atoms with van der Waals surface area (Å²) in [5, 5.41) is 4.02. The highest BCUT2D eigenvalue weighted by Crippen LogP contribution is 2.25. The maximum absolute atomic E-state index is 12.6. The number of rotatable bonds is 6. The predicted octanol–water partition coefficient (Wildman–Crippen LogP) is 3.48. The quantitative estimate of drug-likeness (QED) is 0.859. The number of carbonyl (C=O) groups excluding carboxylic acids is 1. The molecule has 1 aromatic heterocycles. The van der Waals surface area contributed by atoms with Crippen LogP contribution in [0.5, 0.6) is 0 Å². The van der Waals surface area contributed by atoms with Gasteiger partial charge in [-0.3, -0.25) is 4.79 Å². The van der Waals surface area contributed by atoms with Gasteiger partial charge in [-0.2, -0.15) is 4.37 Å². The molecule has 1 N–H and O–H groups in total. The number of nitrogens with zero attached hydrogens (tertiary/aromatic N) is 3. The number of nitrogens with one attached hydrogen (secondary N) is 1. The average Bonchev–Trinajstić information content (AvgIpc) is 3.18. The van der Waals surface area contributed by atoms with Gasteiger partial charge in [0.05, 0.1) is 0 Å². The highest BCUT2D eigenvalue weighted by molar-refractivity contribution is 7.09. The molecule has 0 aliphatic carbocycles. The highest BCUT2D eigenvalue weighted by Gasteiger charge is 2.32. The third-order valence-electron chi connectivity index (χ3n) is 4.43. The van der Waals surface area contributed by atoms with E-state index in [1.165, 1.54) is 17.1 Å². The molecule has 1 aromatic carbocycles. The summed E-state index contributed by atoms with van der Waals surface area (Å²) in [6.45, 7) is 7.90. The van der Waals surface area contributed by atoms with Crippen molar-refractivity contribution in [2.24, 2.45) is 0 Å². The lowest BCUT2D eigenvalue weighted by atomic mass is 9.96. The van der Waals surface area contributed by atoms with Crippen LogP contribution in [-0.2, 0) is 16.6 Å². The number of aryl methyl sites for hydroxylation is 1. The lowest BCUT2D eigenvalue weighted by Gasteiger charge is -2.17. The zero-order valence-electron chi connectivity index (χ0n) is 15.2. The minimum absolute atomic E-state index is 0.0699. The molecule has 25 heavy (non-hydrogen) atoms. The van der Waals surface area contributed by atoms with E-state index in [1.807, 2.05) is 11.0 Å². The van der Waals surface area contributed by atoms with Gasteiger partial charge in [0.1, 0.15) is 11.9 Å². The summed E-state index contributed by atoms with van der Waals surface area (Å²) in [6.07, 6.45) is 2.83. The van der Waals surface area contributed by atoms with E-state index in [1.54, 1.807) is 0 Å². The molecule has 0 bridgehead atoms. The van der Waals surface area contributed by atoms with E-state index in [9.17, 15) is 4.79 Å². The molecule has 1 aliphatic rings. The van der Waals surface area contributed by atoms with Gasteiger partial charge >= 0.3 is 0 Å². The van der Waals surface area contributed by atoms with Gasteiger partial charge in [0.2, 0.25) is 11.0 Å². The van der Waals surface area contributed by atoms with E-state index < -0.39 is 0 Å². The van der Waals surface area contributed by atoms with Gasteiger partial charge in [-0.05, 0) is 24.8 Å². The summed E-state index contributed by atoms with van der Waals surface area (Å²) in [4.78, 5) is 19.1. The second-order valence-electron chi connectivity index (χ2n) is 7.57. The summed E-state index contributed by atoms with van der Waals surface area (Å²) < 4.78 is 4.40. The van der Waals surface area contributed by atoms with Crippen molar-refractivity contribution in [2.45, 2.75) is 51.5 Å². The Bertz CT molecular complexity index is 708. The Hall–Kier alpha value is -1.95. The molecule has 1 unspecified atom stereocenters. The maximum atomic E-state index is 12.6. The first-order chi connectivity index (χ1) is 11.9. The second kappa shape index (κ2) is 7.52. The molecule has 134 valence electrons. The lowest BCUT2D eigenvalue weighted by molar-refractivity contribution is -0.128. The van der Waals surface area contributed by atoms with Crippen molar-refractivity contribution in [2.75, 3.05) is 18.4 Å². The van der Waals surface area contributed by atoms with E-state index in [0.717, 1.165) is 43.3 Å². The summed E-state index contributed by atoms with van der Waals surface area (Å²) in [7, 11) is 0. The number of anilines is 1. The van der Waals surface area contributed by atoms with Crippen molar-refractivity contribution in [3.63, 3.8) is 0 Å². The van der Waals surface area contributed by atoms with Crippen LogP contribution < -0.4 is 5.32 Å². The van der Waals surface area contributed by atoms with Gasteiger partial charge in [-0.25, -0.2) is 4.98 Å². The fraction of sp³-hybridized carbons (Fsp3) is 0.526. The van der Waals surface area contributed by atoms with Crippen molar-refractivity contribution in [1.82, 2.24) is 14.3 Å². The normalized spacial score (nSPS) is 18.0. The van der Waals surface area contributed by atoms with Crippen LogP contribution in [-0.4, -0.2) is 39.3 Å². The van der Waals surface area contributed by atoms with Gasteiger partial charge in [-0.15, -0.1) is 0 Å². The molecule has 0 saturated carbocycles. The van der Waals surface area contributed by atoms with Crippen LogP contribution in [0.1, 0.15) is 45.0 Å². The van der Waals surface area contributed by atoms with Crippen LogP contribution >= 0.6 is 11.5 Å². The van der Waals surface area contributed by atoms with E-state index in [2.05, 4.69) is 59.7 Å². The van der Waals surface area contributed by atoms with E-state index in [0.29, 0.717) is 0 Å². The third-order valence-corrected chi connectivity index (χ3v) is 5.07. The first-order valence-electron chi connectivity index (χ1n) is 8.87. The van der Waals surface area contributed by atoms with Crippen LogP contribution in [0.25, 0.3) is 0 Å². The van der Waals surface area contributed by atoms with Gasteiger partial charge in [0.25, 0.3) is 0 Å². The van der Waals surface area contributed by atoms with Crippen LogP contribution in [0.2, 0.25) is 0 Å². The van der Waals surface area contributed by atoms with Gasteiger partial charge in [0.15, 0.2) is 0 Å². The van der Waals surface area contributed by atoms with Crippen molar-refractivity contribution in [1.29, 1.82) is 0 Å². The third kappa shape index (κ3) is 4.57. The van der Waals surface area contributed by atoms with Crippen molar-refractivity contribution < 1.29 is 4.79 Å². The molecule has 2 aromatic rings. The predicted molar refractivity (Wildman–Crippen MR) is 102 cm³/mol. The SMILES string of the molecule is CC(C)(C)c1nsc(NC2CCN(CCCc3ccccc3)C2=O)n1. The number of amides is 1. The largest absolute Gasteiger partial charge is 0.348 e. The Morgan fingerprint density at radius 3 is 2.72 bits per heavy atom. The smallest absolute Gasteiger partial charge is 0.245 e. The molecular weight excluding hydrogens is 332 g/mol. The molecule has 6 heteroatoms. The molecule has 1 aliphatic heterocycles. The molecule has 2 heterocycles. The summed E-state index contributed by atoms with van der Waals surface area (Å²) >= 11 is 1.34. The van der Waals surface area contributed by atoms with Crippen molar-refractivity contribution >= 4 is 22.6 Å². The van der Waals surface area contributed by atoms with E-state index >= 15 is 0 Å². The molecule has 0 radical (unpaired) electrons. The van der Waals surface area contributed by atoms with Crippen LogP contribution in [0.4, 0.5) is 5.13 Å². The fourth-order valence-corrected chi connectivity index (χ4v) is 3.76. The molecule has 1 fully saturated rings. The Balaban J connectivity index is 1.49. The Morgan fingerprint density at radius 2 is 2.04 bits per heavy atom. The monoisotopic (exact) mass is 358 g/mol. The van der Waals surface area contributed by atoms with Crippen molar-refractivity contribution in [3.8, 4) is 0 Å². The molecule has 5 nitrogen and oxygen atoms in total. The Labute approximate surface area is 153 Å². The molecular formula is C19H26N4OS. The number of likely N-dealkylation sites (tertiary alicyclic amines) is 1. The number of hydrogen-bond acceptors (Lipinski definition) is 5. The topological polar surface area (TPSA) is 58.1 Å². The minimum atomic E-state index is -0.169. The molecule has 1 atom stereocenters. The Morgan fingerprint density at radius 1 is 1.28 bits per heavy atom. The summed E-state index contributed by atoms with van der Waals surface area (Å²) in [5.74, 6) is 1.01. The molecule has 3 rings (SSSR count). The van der Waals surface area contributed by atoms with E-state index in [4.69, 9.17) is 0 Å². The zero-order chi connectivity index (χ0) is 17.9. The molecule has 0 spiro atoms. The van der Waals surface area contributed by atoms with Crippen LogP contribution in [0.3, 0.4) is 0 Å². The minimum Gasteiger partial charge on any atom is -0.348 e. The first-order valence-corrected chi connectivity index (χ1v) is 9.64. The standard InChI is InChI=1S/C19H26N4OS/c1-19(2,3)17-21-18(25-22-17)20-15-11-13-23(16(15)24)12-7-10-14-8-5-4-6-9-14/h4-6,8-9,15H,7,10-13H2,1-3H3,(H,20,21,22). The van der Waals surface area contributed by atoms with Crippen LogP contribution in [0, 0.1) is 0 Å². The fourth-order valence-electron chi connectivity index (χ4n) is 2.95. The Kier molecular flexibility index (Phi) is 5.37. The van der Waals surface area contributed by atoms with Gasteiger partial charge in [-0.1, -0.05) is 51.1 Å². The highest BCUT2D eigenvalue weighted by atomic mass is 32.1. The lowest BCUT2D eigenvalue weighted by Crippen LogP contribution is -2.34. The number of benzene rings is 1. The van der Waals surface area contributed by atoms with E-state index in [-0.39, 0.29) is 17.4 Å². The second-order valence-corrected chi connectivity index (χ2v) is 8.33. The van der Waals surface area contributed by atoms with Crippen LogP contribution in [0.15, 0.2) is 30.3 Å². The van der Waals surface area contributed by atoms with Gasteiger partial charge in [0, 0.05) is 30.0 Å². The summed E-state index contributed by atoms with van der Waals surface area (Å²) in [5.41, 5.74) is 1.26. The molecule has 1 saturated heterocycles. The maximum Gasteiger partial charge on any atom is 0.245 e. The van der Waals surface area contributed by atoms with Gasteiger partial charge < -0.3 is 10.2 Å². The number of aromatic nitrogens is 2. The first kappa shape index (κ1) is 17.9. The number of carbonyl (C=O) groups is 1. The summed E-state index contributed by atoms with van der Waals surface area (Å²) in [6, 6.07) is 10.3. The molecule has 1 amide bonds.